The molecule has 0 bridgehead atoms. The Kier molecular flexibility index (Phi) is 6.10. The number of aliphatic hydroxyl groups excluding tert-OH is 5. The number of fused-ring (bicyclic) bond motifs is 2. The van der Waals surface area contributed by atoms with Crippen molar-refractivity contribution in [3.05, 3.63) is 52.1 Å². The maximum absolute atomic E-state index is 13.2. The second-order valence-corrected chi connectivity index (χ2v) is 7.67. The number of hydrogen-bond acceptors (Lipinski definition) is 11. The smallest absolute Gasteiger partial charge is 0.229 e. The predicted molar refractivity (Wildman–Crippen MR) is 108 cm³/mol. The summed E-state index contributed by atoms with van der Waals surface area (Å²) in [4.78, 5) is 26.3. The molecule has 0 radical (unpaired) electrons. The first-order chi connectivity index (χ1) is 15.7. The number of aliphatic hydroxyl groups is 5. The normalized spacial score (nSPS) is 26.5. The number of hydrogen-bond donors (Lipinski definition) is 6. The summed E-state index contributed by atoms with van der Waals surface area (Å²) in [6.45, 7) is -1.37. The molecule has 11 nitrogen and oxygen atoms in total. The van der Waals surface area contributed by atoms with Gasteiger partial charge in [0.05, 0.1) is 31.5 Å². The Morgan fingerprint density at radius 1 is 0.939 bits per heavy atom. The second-order valence-electron chi connectivity index (χ2n) is 7.67. The molecule has 0 aromatic heterocycles. The Balaban J connectivity index is 1.82. The van der Waals surface area contributed by atoms with Crippen LogP contribution in [0.25, 0.3) is 0 Å². The zero-order valence-electron chi connectivity index (χ0n) is 17.3. The van der Waals surface area contributed by atoms with E-state index in [9.17, 15) is 40.2 Å². The van der Waals surface area contributed by atoms with Gasteiger partial charge in [-0.3, -0.25) is 9.59 Å². The first-order valence-electron chi connectivity index (χ1n) is 9.97. The van der Waals surface area contributed by atoms with Crippen LogP contribution in [0.3, 0.4) is 0 Å². The van der Waals surface area contributed by atoms with Gasteiger partial charge in [-0.1, -0.05) is 0 Å². The number of carbonyl (C=O) groups excluding carboxylic acids is 2. The predicted octanol–water partition coefficient (Wildman–Crippen LogP) is -1.15. The minimum absolute atomic E-state index is 0.0309. The number of ether oxygens (including phenoxy) is 3. The number of methoxy groups -OCH3 is 1. The monoisotopic (exact) mass is 462 g/mol. The lowest BCUT2D eigenvalue weighted by Gasteiger charge is -2.39. The highest BCUT2D eigenvalue weighted by Crippen LogP contribution is 2.42. The van der Waals surface area contributed by atoms with Gasteiger partial charge in [-0.15, -0.1) is 0 Å². The zero-order valence-corrected chi connectivity index (χ0v) is 17.3. The zero-order chi connectivity index (χ0) is 24.0. The van der Waals surface area contributed by atoms with E-state index in [-0.39, 0.29) is 45.1 Å². The summed E-state index contributed by atoms with van der Waals surface area (Å²) in [5.74, 6) is -1.72. The molecule has 2 aromatic rings. The molecule has 0 saturated carbocycles. The highest BCUT2D eigenvalue weighted by molar-refractivity contribution is 6.29. The minimum Gasteiger partial charge on any atom is -0.508 e. The van der Waals surface area contributed by atoms with Gasteiger partial charge in [0.25, 0.3) is 0 Å². The van der Waals surface area contributed by atoms with Crippen molar-refractivity contribution < 1.29 is 54.4 Å². The highest BCUT2D eigenvalue weighted by atomic mass is 16.7. The fourth-order valence-corrected chi connectivity index (χ4v) is 4.05. The molecule has 1 aliphatic carbocycles. The molecule has 33 heavy (non-hydrogen) atoms. The van der Waals surface area contributed by atoms with Crippen molar-refractivity contribution in [2.45, 2.75) is 37.3 Å². The molecule has 11 heteroatoms. The quantitative estimate of drug-likeness (QED) is 0.269. The first kappa shape index (κ1) is 23.1. The van der Waals surface area contributed by atoms with Crippen molar-refractivity contribution in [3.8, 4) is 17.2 Å². The van der Waals surface area contributed by atoms with Crippen molar-refractivity contribution in [2.75, 3.05) is 13.7 Å². The third kappa shape index (κ3) is 3.64. The molecule has 1 heterocycles. The van der Waals surface area contributed by atoms with Crippen LogP contribution >= 0.6 is 0 Å². The lowest BCUT2D eigenvalue weighted by Crippen LogP contribution is -2.60. The van der Waals surface area contributed by atoms with Crippen LogP contribution in [0, 0.1) is 0 Å². The van der Waals surface area contributed by atoms with E-state index >= 15 is 0 Å². The number of phenolic OH excluding ortho intramolecular Hbond substituents is 1. The van der Waals surface area contributed by atoms with E-state index < -0.39 is 55.5 Å². The fourth-order valence-electron chi connectivity index (χ4n) is 4.05. The van der Waals surface area contributed by atoms with Crippen LogP contribution in [0.2, 0.25) is 0 Å². The van der Waals surface area contributed by atoms with Gasteiger partial charge in [0, 0.05) is 16.7 Å². The Bertz CT molecular complexity index is 1110. The van der Waals surface area contributed by atoms with Crippen molar-refractivity contribution >= 4 is 11.6 Å². The Labute approximate surface area is 187 Å². The SMILES string of the molecule is COc1c(CO)c(OC2OC(CO)C(O)C(O)C2O)cc2c1C(=O)c1ccc(O)cc1C2=O. The minimum atomic E-state index is -1.74. The summed E-state index contributed by atoms with van der Waals surface area (Å²) < 4.78 is 16.3. The van der Waals surface area contributed by atoms with Crippen molar-refractivity contribution in [3.63, 3.8) is 0 Å². The molecule has 0 spiro atoms. The highest BCUT2D eigenvalue weighted by Gasteiger charge is 2.45. The second kappa shape index (κ2) is 8.71. The standard InChI is InChI=1S/C22H22O11/c1-31-21-12(6-23)13(32-22-20(30)19(29)18(28)14(7-24)33-22)5-11-15(21)17(27)9-3-2-8(25)4-10(9)16(11)26/h2-5,14,18-20,22-25,28-30H,6-7H2,1H3. The van der Waals surface area contributed by atoms with Gasteiger partial charge in [0.2, 0.25) is 6.29 Å². The summed E-state index contributed by atoms with van der Waals surface area (Å²) >= 11 is 0. The van der Waals surface area contributed by atoms with Crippen LogP contribution in [0.15, 0.2) is 24.3 Å². The van der Waals surface area contributed by atoms with Gasteiger partial charge >= 0.3 is 0 Å². The number of phenols is 1. The van der Waals surface area contributed by atoms with Crippen LogP contribution in [0.4, 0.5) is 0 Å². The number of aromatic hydroxyl groups is 1. The maximum Gasteiger partial charge on any atom is 0.229 e. The van der Waals surface area contributed by atoms with E-state index in [1.807, 2.05) is 0 Å². The number of benzene rings is 2. The van der Waals surface area contributed by atoms with Crippen molar-refractivity contribution in [1.82, 2.24) is 0 Å². The Morgan fingerprint density at radius 2 is 1.67 bits per heavy atom. The van der Waals surface area contributed by atoms with Gasteiger partial charge in [0.15, 0.2) is 11.6 Å². The van der Waals surface area contributed by atoms with Gasteiger partial charge in [-0.2, -0.15) is 0 Å². The maximum atomic E-state index is 13.2. The van der Waals surface area contributed by atoms with Gasteiger partial charge in [-0.05, 0) is 24.3 Å². The lowest BCUT2D eigenvalue weighted by molar-refractivity contribution is -0.277. The van der Waals surface area contributed by atoms with E-state index in [2.05, 4.69) is 0 Å². The molecule has 5 unspecified atom stereocenters. The molecule has 5 atom stereocenters. The van der Waals surface area contributed by atoms with Gasteiger partial charge < -0.3 is 44.8 Å². The van der Waals surface area contributed by atoms with E-state index in [0.29, 0.717) is 0 Å². The molecule has 2 aliphatic rings. The average Bonchev–Trinajstić information content (AvgIpc) is 2.81. The van der Waals surface area contributed by atoms with Crippen molar-refractivity contribution in [1.29, 1.82) is 0 Å². The summed E-state index contributed by atoms with van der Waals surface area (Å²) in [6.07, 6.45) is -7.91. The molecule has 176 valence electrons. The molecular formula is C22H22O11. The van der Waals surface area contributed by atoms with E-state index in [4.69, 9.17) is 14.2 Å². The summed E-state index contributed by atoms with van der Waals surface area (Å²) in [6, 6.07) is 4.90. The largest absolute Gasteiger partial charge is 0.508 e. The Morgan fingerprint density at radius 3 is 2.30 bits per heavy atom. The van der Waals surface area contributed by atoms with E-state index in [1.165, 1.54) is 19.2 Å². The molecule has 2 aromatic carbocycles. The molecule has 0 amide bonds. The number of ketones is 2. The van der Waals surface area contributed by atoms with Crippen molar-refractivity contribution in [2.24, 2.45) is 0 Å². The molecule has 1 fully saturated rings. The third-order valence-corrected chi connectivity index (χ3v) is 5.76. The van der Waals surface area contributed by atoms with Crippen LogP contribution in [0.5, 0.6) is 17.2 Å². The summed E-state index contributed by atoms with van der Waals surface area (Å²) in [5.41, 5.74) is -0.255. The van der Waals surface area contributed by atoms with Crippen LogP contribution in [-0.2, 0) is 11.3 Å². The van der Waals surface area contributed by atoms with Gasteiger partial charge in [0.1, 0.15) is 41.7 Å². The molecule has 1 aliphatic heterocycles. The summed E-state index contributed by atoms with van der Waals surface area (Å²) in [5, 5.41) is 59.4. The number of carbonyl (C=O) groups is 2. The first-order valence-corrected chi connectivity index (χ1v) is 9.97. The van der Waals surface area contributed by atoms with Gasteiger partial charge in [-0.25, -0.2) is 0 Å². The molecule has 6 N–H and O–H groups in total. The average molecular weight is 462 g/mol. The molecular weight excluding hydrogens is 440 g/mol. The lowest BCUT2D eigenvalue weighted by atomic mass is 9.82. The molecule has 4 rings (SSSR count). The topological polar surface area (TPSA) is 183 Å². The third-order valence-electron chi connectivity index (χ3n) is 5.76. The van der Waals surface area contributed by atoms with E-state index in [0.717, 1.165) is 12.1 Å². The van der Waals surface area contributed by atoms with Crippen LogP contribution in [-0.4, -0.2) is 86.6 Å². The van der Waals surface area contributed by atoms with Crippen LogP contribution in [0.1, 0.15) is 37.4 Å². The molecule has 1 saturated heterocycles. The Hall–Kier alpha value is -3.06. The number of rotatable bonds is 5. The van der Waals surface area contributed by atoms with E-state index in [1.54, 1.807) is 0 Å². The summed E-state index contributed by atoms with van der Waals surface area (Å²) in [7, 11) is 1.23. The fraction of sp³-hybridized carbons (Fsp3) is 0.364. The van der Waals surface area contributed by atoms with Crippen LogP contribution < -0.4 is 9.47 Å².